The summed E-state index contributed by atoms with van der Waals surface area (Å²) >= 11 is 0. The van der Waals surface area contributed by atoms with Crippen LogP contribution in [-0.4, -0.2) is 16.0 Å². The van der Waals surface area contributed by atoms with Crippen LogP contribution in [0, 0.1) is 6.92 Å². The summed E-state index contributed by atoms with van der Waals surface area (Å²) in [5.74, 6) is 2.22. The van der Waals surface area contributed by atoms with Gasteiger partial charge < -0.3 is 15.2 Å². The van der Waals surface area contributed by atoms with E-state index >= 15 is 0 Å². The zero-order valence-corrected chi connectivity index (χ0v) is 16.9. The number of aryl methyl sites for hydroxylation is 1. The minimum Gasteiger partial charge on any atom is -0.360 e. The van der Waals surface area contributed by atoms with Crippen molar-refractivity contribution in [3.05, 3.63) is 65.0 Å². The third-order valence-electron chi connectivity index (χ3n) is 4.52. The van der Waals surface area contributed by atoms with Crippen molar-refractivity contribution >= 4 is 23.2 Å². The molecule has 2 N–H and O–H groups in total. The number of nitrogens with zero attached hydrogens (tertiary/aromatic N) is 2. The molecule has 28 heavy (non-hydrogen) atoms. The number of carbonyl (C=O) groups is 1. The summed E-state index contributed by atoms with van der Waals surface area (Å²) in [5, 5.41) is 10.1. The van der Waals surface area contributed by atoms with E-state index in [2.05, 4.69) is 66.7 Å². The van der Waals surface area contributed by atoms with E-state index in [4.69, 9.17) is 4.52 Å². The second-order valence-corrected chi connectivity index (χ2v) is 7.45. The number of hydrogen-bond donors (Lipinski definition) is 2. The molecule has 1 aromatic carbocycles. The SMILES string of the molecule is Cc1cc(Nc2cc(C(=O)Nc3c(C(C)C)cccc3C(C)C)ccn2)no1. The molecule has 6 heteroatoms. The second kappa shape index (κ2) is 8.25. The lowest BCUT2D eigenvalue weighted by molar-refractivity contribution is 0.102. The normalized spacial score (nSPS) is 11.1. The number of hydrogen-bond acceptors (Lipinski definition) is 5. The van der Waals surface area contributed by atoms with Crippen molar-refractivity contribution in [2.24, 2.45) is 0 Å². The Morgan fingerprint density at radius 2 is 1.68 bits per heavy atom. The van der Waals surface area contributed by atoms with Gasteiger partial charge in [0.05, 0.1) is 0 Å². The summed E-state index contributed by atoms with van der Waals surface area (Å²) in [4.78, 5) is 17.2. The standard InChI is InChI=1S/C22H26N4O2/c1-13(2)17-7-6-8-18(14(3)4)21(17)25-22(27)16-9-10-23-19(12-16)24-20-11-15(5)28-26-20/h6-14H,1-5H3,(H,25,27)(H,23,24,26). The lowest BCUT2D eigenvalue weighted by atomic mass is 9.92. The lowest BCUT2D eigenvalue weighted by Gasteiger charge is -2.20. The van der Waals surface area contributed by atoms with Crippen LogP contribution in [0.15, 0.2) is 47.1 Å². The highest BCUT2D eigenvalue weighted by molar-refractivity contribution is 6.05. The van der Waals surface area contributed by atoms with Gasteiger partial charge >= 0.3 is 0 Å². The number of pyridine rings is 1. The van der Waals surface area contributed by atoms with E-state index in [0.29, 0.717) is 34.8 Å². The molecule has 3 rings (SSSR count). The summed E-state index contributed by atoms with van der Waals surface area (Å²) in [5.41, 5.74) is 3.68. The highest BCUT2D eigenvalue weighted by atomic mass is 16.5. The van der Waals surface area contributed by atoms with Gasteiger partial charge in [-0.05, 0) is 42.0 Å². The molecule has 0 aliphatic carbocycles. The number of aromatic nitrogens is 2. The second-order valence-electron chi connectivity index (χ2n) is 7.45. The number of anilines is 3. The molecular formula is C22H26N4O2. The first-order valence-electron chi connectivity index (χ1n) is 9.45. The molecule has 0 spiro atoms. The number of nitrogens with one attached hydrogen (secondary N) is 2. The highest BCUT2D eigenvalue weighted by Gasteiger charge is 2.17. The Balaban J connectivity index is 1.87. The molecule has 2 heterocycles. The van der Waals surface area contributed by atoms with Gasteiger partial charge in [-0.3, -0.25) is 4.79 Å². The van der Waals surface area contributed by atoms with E-state index < -0.39 is 0 Å². The van der Waals surface area contributed by atoms with E-state index in [-0.39, 0.29) is 5.91 Å². The molecule has 0 aliphatic heterocycles. The molecule has 0 bridgehead atoms. The Kier molecular flexibility index (Phi) is 5.78. The summed E-state index contributed by atoms with van der Waals surface area (Å²) in [7, 11) is 0. The van der Waals surface area contributed by atoms with Gasteiger partial charge in [-0.2, -0.15) is 0 Å². The number of para-hydroxylation sites is 1. The van der Waals surface area contributed by atoms with Gasteiger partial charge in [-0.1, -0.05) is 51.1 Å². The molecule has 2 aromatic heterocycles. The van der Waals surface area contributed by atoms with Gasteiger partial charge in [0, 0.05) is 23.5 Å². The molecule has 0 saturated carbocycles. The van der Waals surface area contributed by atoms with Crippen molar-refractivity contribution < 1.29 is 9.32 Å². The Morgan fingerprint density at radius 1 is 1.00 bits per heavy atom. The molecule has 0 atom stereocenters. The van der Waals surface area contributed by atoms with Crippen LogP contribution in [-0.2, 0) is 0 Å². The van der Waals surface area contributed by atoms with E-state index in [0.717, 1.165) is 16.8 Å². The van der Waals surface area contributed by atoms with Crippen LogP contribution in [0.3, 0.4) is 0 Å². The minimum atomic E-state index is -0.170. The third-order valence-corrected chi connectivity index (χ3v) is 4.52. The molecule has 0 aliphatic rings. The van der Waals surface area contributed by atoms with E-state index in [1.807, 2.05) is 6.92 Å². The van der Waals surface area contributed by atoms with Crippen molar-refractivity contribution in [3.63, 3.8) is 0 Å². The zero-order chi connectivity index (χ0) is 20.3. The van der Waals surface area contributed by atoms with Crippen LogP contribution in [0.1, 0.15) is 66.8 Å². The summed E-state index contributed by atoms with van der Waals surface area (Å²) < 4.78 is 5.04. The van der Waals surface area contributed by atoms with Crippen molar-refractivity contribution in [1.82, 2.24) is 10.1 Å². The topological polar surface area (TPSA) is 80.0 Å². The maximum absolute atomic E-state index is 13.0. The van der Waals surface area contributed by atoms with Crippen molar-refractivity contribution in [3.8, 4) is 0 Å². The number of benzene rings is 1. The molecule has 0 unspecified atom stereocenters. The Hall–Kier alpha value is -3.15. The molecular weight excluding hydrogens is 352 g/mol. The van der Waals surface area contributed by atoms with Crippen LogP contribution < -0.4 is 10.6 Å². The third kappa shape index (κ3) is 4.39. The molecule has 3 aromatic rings. The van der Waals surface area contributed by atoms with E-state index in [1.54, 1.807) is 24.4 Å². The molecule has 146 valence electrons. The number of rotatable bonds is 6. The van der Waals surface area contributed by atoms with Crippen molar-refractivity contribution in [2.75, 3.05) is 10.6 Å². The fraction of sp³-hybridized carbons (Fsp3) is 0.318. The molecule has 0 fully saturated rings. The summed E-state index contributed by atoms with van der Waals surface area (Å²) in [6.45, 7) is 10.3. The van der Waals surface area contributed by atoms with Gasteiger partial charge in [0.25, 0.3) is 5.91 Å². The van der Waals surface area contributed by atoms with Gasteiger partial charge in [0.2, 0.25) is 0 Å². The summed E-state index contributed by atoms with van der Waals surface area (Å²) in [6, 6.07) is 11.3. The summed E-state index contributed by atoms with van der Waals surface area (Å²) in [6.07, 6.45) is 1.60. The van der Waals surface area contributed by atoms with Crippen molar-refractivity contribution in [2.45, 2.75) is 46.5 Å². The van der Waals surface area contributed by atoms with E-state index in [9.17, 15) is 4.79 Å². The smallest absolute Gasteiger partial charge is 0.255 e. The zero-order valence-electron chi connectivity index (χ0n) is 16.9. The largest absolute Gasteiger partial charge is 0.360 e. The van der Waals surface area contributed by atoms with Gasteiger partial charge in [0.1, 0.15) is 11.6 Å². The maximum Gasteiger partial charge on any atom is 0.255 e. The molecule has 0 saturated heterocycles. The predicted molar refractivity (Wildman–Crippen MR) is 111 cm³/mol. The fourth-order valence-electron chi connectivity index (χ4n) is 3.08. The van der Waals surface area contributed by atoms with Gasteiger partial charge in [-0.25, -0.2) is 4.98 Å². The fourth-order valence-corrected chi connectivity index (χ4v) is 3.08. The molecule has 6 nitrogen and oxygen atoms in total. The Bertz CT molecular complexity index is 950. The van der Waals surface area contributed by atoms with Crippen LogP contribution in [0.4, 0.5) is 17.3 Å². The van der Waals surface area contributed by atoms with Crippen LogP contribution >= 0.6 is 0 Å². The first-order valence-corrected chi connectivity index (χ1v) is 9.45. The predicted octanol–water partition coefficient (Wildman–Crippen LogP) is 5.62. The average molecular weight is 378 g/mol. The van der Waals surface area contributed by atoms with Crippen LogP contribution in [0.25, 0.3) is 0 Å². The van der Waals surface area contributed by atoms with Crippen molar-refractivity contribution in [1.29, 1.82) is 0 Å². The first-order chi connectivity index (χ1) is 13.3. The number of carbonyl (C=O) groups excluding carboxylic acids is 1. The van der Waals surface area contributed by atoms with Crippen LogP contribution in [0.5, 0.6) is 0 Å². The Labute approximate surface area is 165 Å². The quantitative estimate of drug-likeness (QED) is 0.582. The number of amides is 1. The van der Waals surface area contributed by atoms with E-state index in [1.165, 1.54) is 0 Å². The average Bonchev–Trinajstić information content (AvgIpc) is 3.06. The molecule has 0 radical (unpaired) electrons. The van der Waals surface area contributed by atoms with Crippen LogP contribution in [0.2, 0.25) is 0 Å². The highest BCUT2D eigenvalue weighted by Crippen LogP contribution is 2.32. The molecule has 1 amide bonds. The monoisotopic (exact) mass is 378 g/mol. The Morgan fingerprint density at radius 3 is 2.25 bits per heavy atom. The maximum atomic E-state index is 13.0. The van der Waals surface area contributed by atoms with Gasteiger partial charge in [-0.15, -0.1) is 0 Å². The lowest BCUT2D eigenvalue weighted by Crippen LogP contribution is -2.16. The minimum absolute atomic E-state index is 0.170. The first kappa shape index (κ1) is 19.6. The van der Waals surface area contributed by atoms with Gasteiger partial charge in [0.15, 0.2) is 5.82 Å².